The molecule has 0 heterocycles. The monoisotopic (exact) mass is 296 g/mol. The summed E-state index contributed by atoms with van der Waals surface area (Å²) in [6, 6.07) is 10.5. The molecule has 0 spiro atoms. The Kier molecular flexibility index (Phi) is 5.28. The molecule has 0 radical (unpaired) electrons. The molecular weight excluding hydrogens is 275 g/mol. The number of carbonyl (C=O) groups is 1. The van der Waals surface area contributed by atoms with Crippen LogP contribution in [0, 0.1) is 5.92 Å². The minimum absolute atomic E-state index is 0.285. The molecule has 1 fully saturated rings. The first-order valence-corrected chi connectivity index (χ1v) is 8.40. The van der Waals surface area contributed by atoms with E-state index in [0.29, 0.717) is 15.0 Å². The molecule has 0 N–H and O–H groups in total. The molecule has 1 saturated carbocycles. The third-order valence-electron chi connectivity index (χ3n) is 3.47. The van der Waals surface area contributed by atoms with Crippen LogP contribution in [-0.2, 0) is 4.79 Å². The molecule has 17 heavy (non-hydrogen) atoms. The molecular formula is C15H20OSe. The van der Waals surface area contributed by atoms with Gasteiger partial charge in [-0.2, -0.15) is 0 Å². The Balaban J connectivity index is 1.86. The number of aldehydes is 1. The van der Waals surface area contributed by atoms with Crippen molar-refractivity contribution in [3.05, 3.63) is 30.3 Å². The first kappa shape index (κ1) is 12.9. The topological polar surface area (TPSA) is 17.1 Å². The molecule has 1 aromatic rings. The Bertz CT molecular complexity index is 330. The first-order chi connectivity index (χ1) is 8.38. The van der Waals surface area contributed by atoms with E-state index in [1.807, 2.05) is 6.07 Å². The van der Waals surface area contributed by atoms with Crippen LogP contribution >= 0.6 is 0 Å². The summed E-state index contributed by atoms with van der Waals surface area (Å²) in [6.45, 7) is 0. The second kappa shape index (κ2) is 6.98. The van der Waals surface area contributed by atoms with Gasteiger partial charge in [-0.1, -0.05) is 0 Å². The number of benzene rings is 1. The maximum atomic E-state index is 11.2. The molecule has 2 heteroatoms. The number of carbonyl (C=O) groups excluding carboxylic acids is 1. The van der Waals surface area contributed by atoms with Crippen LogP contribution in [0.2, 0.25) is 4.82 Å². The molecule has 1 aliphatic carbocycles. The van der Waals surface area contributed by atoms with Gasteiger partial charge >= 0.3 is 110 Å². The number of hydrogen-bond acceptors (Lipinski definition) is 1. The van der Waals surface area contributed by atoms with Crippen LogP contribution in [0.15, 0.2) is 30.3 Å². The molecule has 0 amide bonds. The molecule has 0 saturated heterocycles. The van der Waals surface area contributed by atoms with Crippen molar-refractivity contribution in [2.75, 3.05) is 0 Å². The summed E-state index contributed by atoms with van der Waals surface area (Å²) in [5, 5.41) is 0. The Morgan fingerprint density at radius 2 is 1.88 bits per heavy atom. The van der Waals surface area contributed by atoms with Crippen LogP contribution < -0.4 is 4.46 Å². The summed E-state index contributed by atoms with van der Waals surface area (Å²) in [4.78, 5) is 11.5. The number of rotatable bonds is 5. The summed E-state index contributed by atoms with van der Waals surface area (Å²) in [6.07, 6.45) is 9.14. The van der Waals surface area contributed by atoms with Crippen LogP contribution in [0.4, 0.5) is 0 Å². The molecule has 0 aromatic heterocycles. The van der Waals surface area contributed by atoms with E-state index in [4.69, 9.17) is 0 Å². The summed E-state index contributed by atoms with van der Waals surface area (Å²) in [5.41, 5.74) is 0. The Morgan fingerprint density at radius 1 is 1.18 bits per heavy atom. The van der Waals surface area contributed by atoms with Crippen molar-refractivity contribution < 1.29 is 4.79 Å². The molecule has 1 aliphatic rings. The third kappa shape index (κ3) is 4.29. The average Bonchev–Trinajstić information content (AvgIpc) is 2.40. The fourth-order valence-corrected chi connectivity index (χ4v) is 4.84. The van der Waals surface area contributed by atoms with Gasteiger partial charge in [0.2, 0.25) is 0 Å². The molecule has 0 bridgehead atoms. The van der Waals surface area contributed by atoms with Gasteiger partial charge in [0.25, 0.3) is 0 Å². The van der Waals surface area contributed by atoms with E-state index < -0.39 is 0 Å². The van der Waals surface area contributed by atoms with Crippen molar-refractivity contribution in [3.63, 3.8) is 0 Å². The molecule has 1 aromatic carbocycles. The average molecular weight is 295 g/mol. The predicted octanol–water partition coefficient (Wildman–Crippen LogP) is 2.97. The van der Waals surface area contributed by atoms with Gasteiger partial charge in [-0.25, -0.2) is 0 Å². The van der Waals surface area contributed by atoms with E-state index in [0.717, 1.165) is 12.3 Å². The van der Waals surface area contributed by atoms with E-state index in [-0.39, 0.29) is 4.82 Å². The minimum atomic E-state index is 0.285. The Morgan fingerprint density at radius 3 is 2.53 bits per heavy atom. The predicted molar refractivity (Wildman–Crippen MR) is 72.8 cm³/mol. The third-order valence-corrected chi connectivity index (χ3v) is 5.89. The van der Waals surface area contributed by atoms with Crippen molar-refractivity contribution in [2.45, 2.75) is 43.3 Å². The van der Waals surface area contributed by atoms with Crippen LogP contribution in [0.3, 0.4) is 0 Å². The van der Waals surface area contributed by atoms with Gasteiger partial charge in [0.1, 0.15) is 0 Å². The number of hydrogen-bond donors (Lipinski definition) is 0. The van der Waals surface area contributed by atoms with Gasteiger partial charge in [0.15, 0.2) is 0 Å². The maximum absolute atomic E-state index is 11.2. The molecule has 92 valence electrons. The van der Waals surface area contributed by atoms with Gasteiger partial charge in [0.05, 0.1) is 0 Å². The van der Waals surface area contributed by atoms with Gasteiger partial charge in [-0.05, 0) is 0 Å². The van der Waals surface area contributed by atoms with Crippen molar-refractivity contribution in [1.82, 2.24) is 0 Å². The molecule has 2 rings (SSSR count). The van der Waals surface area contributed by atoms with Crippen molar-refractivity contribution in [1.29, 1.82) is 0 Å². The normalized spacial score (nSPS) is 18.8. The van der Waals surface area contributed by atoms with Crippen LogP contribution in [0.25, 0.3) is 0 Å². The van der Waals surface area contributed by atoms with E-state index in [1.54, 1.807) is 0 Å². The zero-order valence-corrected chi connectivity index (χ0v) is 11.9. The quantitative estimate of drug-likeness (QED) is 0.603. The van der Waals surface area contributed by atoms with Gasteiger partial charge in [0, 0.05) is 0 Å². The van der Waals surface area contributed by atoms with Gasteiger partial charge in [-0.15, -0.1) is 0 Å². The first-order valence-electron chi connectivity index (χ1n) is 6.55. The standard InChI is InChI=1S/C15H20OSe/c16-12-15(11-13-7-3-1-4-8-13)17-14-9-5-2-6-10-14/h2,5-6,9-10,12-13,15H,1,3-4,7-8,11H2. The van der Waals surface area contributed by atoms with E-state index >= 15 is 0 Å². The summed E-state index contributed by atoms with van der Waals surface area (Å²) in [5.74, 6) is 0.810. The second-order valence-corrected chi connectivity index (χ2v) is 7.60. The fourth-order valence-electron chi connectivity index (χ4n) is 2.56. The second-order valence-electron chi connectivity index (χ2n) is 4.85. The van der Waals surface area contributed by atoms with Gasteiger partial charge in [-0.3, -0.25) is 0 Å². The molecule has 1 atom stereocenters. The Hall–Kier alpha value is -0.591. The van der Waals surface area contributed by atoms with Crippen molar-refractivity contribution in [2.24, 2.45) is 5.92 Å². The Labute approximate surface area is 110 Å². The van der Waals surface area contributed by atoms with E-state index in [2.05, 4.69) is 24.3 Å². The van der Waals surface area contributed by atoms with Crippen molar-refractivity contribution in [3.8, 4) is 0 Å². The van der Waals surface area contributed by atoms with Crippen LogP contribution in [-0.4, -0.2) is 21.2 Å². The molecule has 0 aliphatic heterocycles. The summed E-state index contributed by atoms with van der Waals surface area (Å²) >= 11 is 0.320. The zero-order valence-electron chi connectivity index (χ0n) is 10.2. The van der Waals surface area contributed by atoms with Crippen molar-refractivity contribution >= 4 is 25.7 Å². The SMILES string of the molecule is O=CC(CC1CCCCC1)[Se]c1ccccc1. The molecule has 1 nitrogen and oxygen atoms in total. The van der Waals surface area contributed by atoms with Crippen LogP contribution in [0.1, 0.15) is 38.5 Å². The van der Waals surface area contributed by atoms with E-state index in [9.17, 15) is 4.79 Å². The zero-order chi connectivity index (χ0) is 11.9. The fraction of sp³-hybridized carbons (Fsp3) is 0.533. The van der Waals surface area contributed by atoms with Gasteiger partial charge < -0.3 is 0 Å². The summed E-state index contributed by atoms with van der Waals surface area (Å²) in [7, 11) is 0. The molecule has 1 unspecified atom stereocenters. The van der Waals surface area contributed by atoms with Crippen LogP contribution in [0.5, 0.6) is 0 Å². The van der Waals surface area contributed by atoms with E-state index in [1.165, 1.54) is 42.9 Å². The summed E-state index contributed by atoms with van der Waals surface area (Å²) < 4.78 is 1.35.